The van der Waals surface area contributed by atoms with Crippen LogP contribution < -0.4 is 0 Å². The molecule has 1 amide bonds. The fraction of sp³-hybridized carbons (Fsp3) is 0.385. The van der Waals surface area contributed by atoms with Gasteiger partial charge in [0.05, 0.1) is 10.6 Å². The third-order valence-corrected chi connectivity index (χ3v) is 9.00. The molecule has 7 nitrogen and oxygen atoms in total. The summed E-state index contributed by atoms with van der Waals surface area (Å²) in [5.41, 5.74) is 6.44. The van der Waals surface area contributed by atoms with Gasteiger partial charge in [0.15, 0.2) is 5.69 Å². The van der Waals surface area contributed by atoms with Crippen molar-refractivity contribution in [3.05, 3.63) is 76.1 Å². The minimum atomic E-state index is -3.60. The van der Waals surface area contributed by atoms with Crippen molar-refractivity contribution in [2.24, 2.45) is 0 Å². The molecule has 3 aromatic rings. The maximum atomic E-state index is 13.5. The molecule has 1 fully saturated rings. The second-order valence-electron chi connectivity index (χ2n) is 9.29. The zero-order chi connectivity index (χ0) is 24.0. The van der Waals surface area contributed by atoms with Crippen LogP contribution in [0.15, 0.2) is 47.4 Å². The first kappa shape index (κ1) is 22.8. The summed E-state index contributed by atoms with van der Waals surface area (Å²) in [6, 6.07) is 13.6. The van der Waals surface area contributed by atoms with E-state index >= 15 is 0 Å². The Hall–Kier alpha value is -2.97. The van der Waals surface area contributed by atoms with Crippen LogP contribution in [0.5, 0.6) is 0 Å². The number of nitrogens with zero attached hydrogens (tertiary/aromatic N) is 4. The first-order chi connectivity index (χ1) is 16.3. The van der Waals surface area contributed by atoms with Crippen LogP contribution in [0.1, 0.15) is 44.9 Å². The number of carbonyl (C=O) groups excluding carboxylic acids is 1. The molecule has 34 heavy (non-hydrogen) atoms. The summed E-state index contributed by atoms with van der Waals surface area (Å²) < 4.78 is 29.9. The highest BCUT2D eigenvalue weighted by molar-refractivity contribution is 7.89. The molecule has 1 aromatic heterocycles. The number of piperazine rings is 1. The molecule has 5 rings (SSSR count). The number of hydrogen-bond acceptors (Lipinski definition) is 4. The summed E-state index contributed by atoms with van der Waals surface area (Å²) in [4.78, 5) is 15.6. The van der Waals surface area contributed by atoms with E-state index in [1.807, 2.05) is 48.9 Å². The van der Waals surface area contributed by atoms with Gasteiger partial charge in [0.25, 0.3) is 5.91 Å². The smallest absolute Gasteiger partial charge is 0.274 e. The number of aryl methyl sites for hydroxylation is 3. The average Bonchev–Trinajstić information content (AvgIpc) is 3.44. The Balaban J connectivity index is 1.37. The number of benzene rings is 2. The van der Waals surface area contributed by atoms with E-state index in [1.165, 1.54) is 4.31 Å². The Bertz CT molecular complexity index is 1370. The summed E-state index contributed by atoms with van der Waals surface area (Å²) in [5.74, 6) is -0.103. The number of amides is 1. The molecule has 0 atom stereocenters. The first-order valence-electron chi connectivity index (χ1n) is 11.8. The Labute approximate surface area is 201 Å². The molecule has 8 heteroatoms. The van der Waals surface area contributed by atoms with E-state index in [0.717, 1.165) is 52.9 Å². The number of para-hydroxylation sites is 1. The number of fused-ring (bicyclic) bond motifs is 1. The molecule has 2 heterocycles. The van der Waals surface area contributed by atoms with Gasteiger partial charge in [-0.1, -0.05) is 30.3 Å². The topological polar surface area (TPSA) is 75.5 Å². The normalized spacial score (nSPS) is 16.6. The van der Waals surface area contributed by atoms with Crippen LogP contribution in [-0.2, 0) is 22.9 Å². The van der Waals surface area contributed by atoms with Crippen molar-refractivity contribution in [2.75, 3.05) is 26.2 Å². The highest BCUT2D eigenvalue weighted by atomic mass is 32.2. The van der Waals surface area contributed by atoms with Gasteiger partial charge in [-0.05, 0) is 68.9 Å². The first-order valence-corrected chi connectivity index (χ1v) is 13.2. The predicted molar refractivity (Wildman–Crippen MR) is 131 cm³/mol. The van der Waals surface area contributed by atoms with Gasteiger partial charge in [-0.15, -0.1) is 0 Å². The molecular weight excluding hydrogens is 448 g/mol. The summed E-state index contributed by atoms with van der Waals surface area (Å²) in [6.07, 6.45) is 2.77. The molecule has 0 spiro atoms. The molecule has 0 N–H and O–H groups in total. The van der Waals surface area contributed by atoms with E-state index in [-0.39, 0.29) is 19.0 Å². The molecule has 0 radical (unpaired) electrons. The van der Waals surface area contributed by atoms with Crippen molar-refractivity contribution in [2.45, 2.75) is 44.9 Å². The minimum Gasteiger partial charge on any atom is -0.335 e. The predicted octanol–water partition coefficient (Wildman–Crippen LogP) is 3.43. The summed E-state index contributed by atoms with van der Waals surface area (Å²) >= 11 is 0. The molecule has 1 aliphatic heterocycles. The van der Waals surface area contributed by atoms with Gasteiger partial charge < -0.3 is 4.90 Å². The van der Waals surface area contributed by atoms with Crippen LogP contribution in [-0.4, -0.2) is 59.5 Å². The Kier molecular flexibility index (Phi) is 5.81. The minimum absolute atomic E-state index is 0.103. The fourth-order valence-corrected chi connectivity index (χ4v) is 6.75. The van der Waals surface area contributed by atoms with Crippen LogP contribution in [0, 0.1) is 20.8 Å². The van der Waals surface area contributed by atoms with E-state index in [2.05, 4.69) is 13.0 Å². The van der Waals surface area contributed by atoms with Crippen molar-refractivity contribution < 1.29 is 13.2 Å². The lowest BCUT2D eigenvalue weighted by Gasteiger charge is -2.34. The van der Waals surface area contributed by atoms with Crippen molar-refractivity contribution in [1.82, 2.24) is 19.0 Å². The second kappa shape index (κ2) is 8.67. The molecule has 1 saturated heterocycles. The van der Waals surface area contributed by atoms with Gasteiger partial charge in [0.2, 0.25) is 10.0 Å². The fourth-order valence-electron chi connectivity index (χ4n) is 5.02. The molecule has 0 saturated carbocycles. The maximum Gasteiger partial charge on any atom is 0.274 e. The van der Waals surface area contributed by atoms with Crippen molar-refractivity contribution in [3.8, 4) is 5.69 Å². The van der Waals surface area contributed by atoms with Gasteiger partial charge in [-0.2, -0.15) is 9.40 Å². The van der Waals surface area contributed by atoms with Gasteiger partial charge in [0, 0.05) is 37.4 Å². The average molecular weight is 479 g/mol. The summed E-state index contributed by atoms with van der Waals surface area (Å²) in [7, 11) is -3.60. The molecule has 1 aliphatic carbocycles. The standard InChI is InChI=1S/C26H30N4O3S/c1-18-11-12-20(3)24(17-18)34(32,33)29-15-13-28(14-16-29)26(31)25-21-8-6-10-23(21)30(27-25)22-9-5-4-7-19(22)2/h4-5,7,9,11-12,17H,6,8,10,13-16H2,1-3H3. The second-order valence-corrected chi connectivity index (χ2v) is 11.2. The molecular formula is C26H30N4O3S. The number of carbonyl (C=O) groups is 1. The van der Waals surface area contributed by atoms with E-state index < -0.39 is 10.0 Å². The van der Waals surface area contributed by atoms with E-state index in [0.29, 0.717) is 23.7 Å². The van der Waals surface area contributed by atoms with Crippen LogP contribution >= 0.6 is 0 Å². The monoisotopic (exact) mass is 478 g/mol. The number of sulfonamides is 1. The maximum absolute atomic E-state index is 13.5. The van der Waals surface area contributed by atoms with Crippen LogP contribution in [0.2, 0.25) is 0 Å². The largest absolute Gasteiger partial charge is 0.335 e. The third-order valence-electron chi connectivity index (χ3n) is 6.96. The van der Waals surface area contributed by atoms with Gasteiger partial charge >= 0.3 is 0 Å². The molecule has 178 valence electrons. The Morgan fingerprint density at radius 3 is 2.38 bits per heavy atom. The van der Waals surface area contributed by atoms with Gasteiger partial charge in [0.1, 0.15) is 0 Å². The highest BCUT2D eigenvalue weighted by Gasteiger charge is 2.34. The van der Waals surface area contributed by atoms with Crippen molar-refractivity contribution in [1.29, 1.82) is 0 Å². The molecule has 0 bridgehead atoms. The lowest BCUT2D eigenvalue weighted by molar-refractivity contribution is 0.0690. The van der Waals surface area contributed by atoms with Gasteiger partial charge in [-0.3, -0.25) is 4.79 Å². The SMILES string of the molecule is Cc1ccc(C)c(S(=O)(=O)N2CCN(C(=O)c3nn(-c4ccccc4C)c4c3CCC4)CC2)c1. The van der Waals surface area contributed by atoms with E-state index in [4.69, 9.17) is 5.10 Å². The lowest BCUT2D eigenvalue weighted by Crippen LogP contribution is -2.50. The zero-order valence-electron chi connectivity index (χ0n) is 19.9. The number of rotatable bonds is 4. The van der Waals surface area contributed by atoms with Crippen molar-refractivity contribution >= 4 is 15.9 Å². The van der Waals surface area contributed by atoms with Gasteiger partial charge in [-0.25, -0.2) is 13.1 Å². The number of aromatic nitrogens is 2. The van der Waals surface area contributed by atoms with Crippen LogP contribution in [0.25, 0.3) is 5.69 Å². The lowest BCUT2D eigenvalue weighted by atomic mass is 10.1. The molecule has 2 aliphatic rings. The summed E-state index contributed by atoms with van der Waals surface area (Å²) in [6.45, 7) is 7.03. The van der Waals surface area contributed by atoms with E-state index in [1.54, 1.807) is 11.0 Å². The van der Waals surface area contributed by atoms with Crippen molar-refractivity contribution in [3.63, 3.8) is 0 Å². The zero-order valence-corrected chi connectivity index (χ0v) is 20.7. The summed E-state index contributed by atoms with van der Waals surface area (Å²) in [5, 5.41) is 4.77. The Morgan fingerprint density at radius 1 is 0.912 bits per heavy atom. The van der Waals surface area contributed by atoms with Crippen LogP contribution in [0.3, 0.4) is 0 Å². The number of hydrogen-bond donors (Lipinski definition) is 0. The Morgan fingerprint density at radius 2 is 1.65 bits per heavy atom. The molecule has 0 unspecified atom stereocenters. The van der Waals surface area contributed by atoms with Crippen LogP contribution in [0.4, 0.5) is 0 Å². The van der Waals surface area contributed by atoms with E-state index in [9.17, 15) is 13.2 Å². The quantitative estimate of drug-likeness (QED) is 0.576. The highest BCUT2D eigenvalue weighted by Crippen LogP contribution is 2.30. The molecule has 2 aromatic carbocycles. The third kappa shape index (κ3) is 3.84.